The lowest BCUT2D eigenvalue weighted by Crippen LogP contribution is -2.53. The Hall–Kier alpha value is -3.92. The van der Waals surface area contributed by atoms with E-state index in [4.69, 9.17) is 9.84 Å². The van der Waals surface area contributed by atoms with E-state index in [2.05, 4.69) is 21.3 Å². The van der Waals surface area contributed by atoms with Crippen molar-refractivity contribution in [2.45, 2.75) is 71.0 Å². The molecule has 0 spiro atoms. The third-order valence-electron chi connectivity index (χ3n) is 6.40. The third-order valence-corrected chi connectivity index (χ3v) is 6.40. The van der Waals surface area contributed by atoms with Crippen molar-refractivity contribution in [3.8, 4) is 5.75 Å². The van der Waals surface area contributed by atoms with Gasteiger partial charge in [0.15, 0.2) is 0 Å². The molecular weight excluding hydrogens is 512 g/mol. The van der Waals surface area contributed by atoms with Gasteiger partial charge in [0.05, 0.1) is 6.61 Å². The van der Waals surface area contributed by atoms with Gasteiger partial charge in [-0.2, -0.15) is 0 Å². The van der Waals surface area contributed by atoms with Crippen LogP contribution in [0, 0.1) is 6.92 Å². The number of aliphatic carboxylic acids is 1. The number of hydrogen-bond acceptors (Lipinski definition) is 6. The Morgan fingerprint density at radius 3 is 2.33 bits per heavy atom. The van der Waals surface area contributed by atoms with Crippen molar-refractivity contribution in [1.29, 1.82) is 0 Å². The number of carbonyl (C=O) groups excluding carboxylic acids is 3. The number of unbranched alkanes of at least 4 members (excludes halogenated alkanes) is 1. The molecule has 0 saturated carbocycles. The van der Waals surface area contributed by atoms with Crippen molar-refractivity contribution in [2.75, 3.05) is 20.2 Å². The number of aryl methyl sites for hydroxylation is 2. The summed E-state index contributed by atoms with van der Waals surface area (Å²) >= 11 is 0. The average Bonchev–Trinajstić information content (AvgIpc) is 2.93. The van der Waals surface area contributed by atoms with Gasteiger partial charge in [0.25, 0.3) is 0 Å². The Balaban J connectivity index is 2.09. The van der Waals surface area contributed by atoms with Gasteiger partial charge < -0.3 is 31.1 Å². The predicted octanol–water partition coefficient (Wildman–Crippen LogP) is 2.48. The molecule has 2 atom stereocenters. The molecule has 2 aromatic carbocycles. The highest BCUT2D eigenvalue weighted by atomic mass is 16.5. The first-order valence-electron chi connectivity index (χ1n) is 13.7. The quantitative estimate of drug-likeness (QED) is 0.178. The standard InChI is InChI=1S/C30H42N4O6/c1-21-11-13-25(40-18-8-7-17-31-3)19-24(21)20-32-29(38)26(14-12-23-9-5-4-6-10-23)34-30(39)27(33-22(2)35)15-16-28(36)37/h4-6,9-11,13,19,26-27,31H,7-8,12,14-18,20H2,1-3H3,(H,32,38)(H,33,35)(H,34,39)(H,36,37)/t26-,27-/m0/s1. The number of amides is 3. The molecule has 2 rings (SSSR count). The zero-order chi connectivity index (χ0) is 29.3. The molecule has 0 aliphatic carbocycles. The smallest absolute Gasteiger partial charge is 0.303 e. The fraction of sp³-hybridized carbons (Fsp3) is 0.467. The Bertz CT molecular complexity index is 1110. The highest BCUT2D eigenvalue weighted by Crippen LogP contribution is 2.18. The number of ether oxygens (including phenoxy) is 1. The van der Waals surface area contributed by atoms with Crippen LogP contribution in [0.2, 0.25) is 0 Å². The molecule has 3 amide bonds. The van der Waals surface area contributed by atoms with Gasteiger partial charge in [-0.1, -0.05) is 36.4 Å². The molecule has 0 radical (unpaired) electrons. The molecule has 0 aliphatic rings. The summed E-state index contributed by atoms with van der Waals surface area (Å²) in [5.41, 5.74) is 2.90. The summed E-state index contributed by atoms with van der Waals surface area (Å²) in [4.78, 5) is 49.0. The molecule has 10 heteroatoms. The van der Waals surface area contributed by atoms with Crippen molar-refractivity contribution in [2.24, 2.45) is 0 Å². The Kier molecular flexibility index (Phi) is 14.2. The van der Waals surface area contributed by atoms with E-state index < -0.39 is 29.9 Å². The van der Waals surface area contributed by atoms with Crippen LogP contribution in [0.15, 0.2) is 48.5 Å². The monoisotopic (exact) mass is 554 g/mol. The van der Waals surface area contributed by atoms with Crippen LogP contribution in [0.4, 0.5) is 0 Å². The number of nitrogens with one attached hydrogen (secondary N) is 4. The van der Waals surface area contributed by atoms with Gasteiger partial charge in [-0.05, 0) is 81.4 Å². The average molecular weight is 555 g/mol. The van der Waals surface area contributed by atoms with E-state index in [-0.39, 0.29) is 25.3 Å². The molecule has 0 saturated heterocycles. The van der Waals surface area contributed by atoms with Gasteiger partial charge >= 0.3 is 5.97 Å². The maximum atomic E-state index is 13.3. The lowest BCUT2D eigenvalue weighted by Gasteiger charge is -2.23. The zero-order valence-corrected chi connectivity index (χ0v) is 23.6. The van der Waals surface area contributed by atoms with Crippen LogP contribution in [-0.2, 0) is 32.1 Å². The van der Waals surface area contributed by atoms with Crippen LogP contribution in [-0.4, -0.2) is 61.1 Å². The van der Waals surface area contributed by atoms with E-state index in [1.165, 1.54) is 6.92 Å². The summed E-state index contributed by atoms with van der Waals surface area (Å²) in [5, 5.41) is 20.3. The fourth-order valence-corrected chi connectivity index (χ4v) is 4.11. The molecule has 40 heavy (non-hydrogen) atoms. The minimum Gasteiger partial charge on any atom is -0.494 e. The molecule has 0 bridgehead atoms. The van der Waals surface area contributed by atoms with Gasteiger partial charge in [0.1, 0.15) is 17.8 Å². The summed E-state index contributed by atoms with van der Waals surface area (Å²) in [5.74, 6) is -1.79. The molecule has 0 fully saturated rings. The Morgan fingerprint density at radius 1 is 0.925 bits per heavy atom. The predicted molar refractivity (Wildman–Crippen MR) is 153 cm³/mol. The SMILES string of the molecule is CNCCCCOc1ccc(C)c(CNC(=O)[C@H](CCc2ccccc2)NC(=O)[C@H](CCC(=O)O)NC(C)=O)c1. The maximum Gasteiger partial charge on any atom is 0.303 e. The van der Waals surface area contributed by atoms with Crippen molar-refractivity contribution in [3.05, 3.63) is 65.2 Å². The first-order chi connectivity index (χ1) is 19.2. The minimum atomic E-state index is -1.08. The van der Waals surface area contributed by atoms with Gasteiger partial charge in [-0.3, -0.25) is 19.2 Å². The summed E-state index contributed by atoms with van der Waals surface area (Å²) < 4.78 is 5.87. The molecule has 2 aromatic rings. The lowest BCUT2D eigenvalue weighted by atomic mass is 10.0. The summed E-state index contributed by atoms with van der Waals surface area (Å²) in [6, 6.07) is 13.4. The van der Waals surface area contributed by atoms with Crippen LogP contribution < -0.4 is 26.0 Å². The van der Waals surface area contributed by atoms with E-state index in [1.807, 2.05) is 62.5 Å². The maximum absolute atomic E-state index is 13.3. The topological polar surface area (TPSA) is 146 Å². The number of rotatable bonds is 18. The first-order valence-corrected chi connectivity index (χ1v) is 13.7. The third kappa shape index (κ3) is 12.3. The van der Waals surface area contributed by atoms with E-state index in [1.54, 1.807) is 0 Å². The zero-order valence-electron chi connectivity index (χ0n) is 23.6. The normalized spacial score (nSPS) is 12.2. The summed E-state index contributed by atoms with van der Waals surface area (Å²) in [7, 11) is 1.92. The first kappa shape index (κ1) is 32.3. The minimum absolute atomic E-state index is 0.0886. The summed E-state index contributed by atoms with van der Waals surface area (Å²) in [6.07, 6.45) is 2.41. The highest BCUT2D eigenvalue weighted by molar-refractivity contribution is 5.92. The number of benzene rings is 2. The van der Waals surface area contributed by atoms with E-state index in [0.717, 1.165) is 41.8 Å². The largest absolute Gasteiger partial charge is 0.494 e. The molecule has 0 unspecified atom stereocenters. The van der Waals surface area contributed by atoms with Crippen LogP contribution >= 0.6 is 0 Å². The van der Waals surface area contributed by atoms with Crippen molar-refractivity contribution < 1.29 is 29.0 Å². The molecule has 5 N–H and O–H groups in total. The number of carboxylic acids is 1. The van der Waals surface area contributed by atoms with Gasteiger partial charge in [0.2, 0.25) is 17.7 Å². The van der Waals surface area contributed by atoms with Crippen LogP contribution in [0.3, 0.4) is 0 Å². The van der Waals surface area contributed by atoms with Gasteiger partial charge in [-0.25, -0.2) is 0 Å². The number of carboxylic acid groups (broad SMARTS) is 1. The molecule has 0 aliphatic heterocycles. The molecule has 0 aromatic heterocycles. The van der Waals surface area contributed by atoms with Crippen LogP contribution in [0.1, 0.15) is 55.7 Å². The second-order valence-corrected chi connectivity index (χ2v) is 9.74. The van der Waals surface area contributed by atoms with E-state index in [0.29, 0.717) is 19.4 Å². The second kappa shape index (κ2) is 17.6. The van der Waals surface area contributed by atoms with E-state index >= 15 is 0 Å². The van der Waals surface area contributed by atoms with Crippen molar-refractivity contribution >= 4 is 23.7 Å². The van der Waals surface area contributed by atoms with Crippen LogP contribution in [0.25, 0.3) is 0 Å². The molecular formula is C30H42N4O6. The Morgan fingerprint density at radius 2 is 1.65 bits per heavy atom. The number of carbonyl (C=O) groups is 4. The molecule has 0 heterocycles. The number of hydrogen-bond donors (Lipinski definition) is 5. The summed E-state index contributed by atoms with van der Waals surface area (Å²) in [6.45, 7) is 4.98. The van der Waals surface area contributed by atoms with Crippen LogP contribution in [0.5, 0.6) is 5.75 Å². The van der Waals surface area contributed by atoms with Gasteiger partial charge in [0, 0.05) is 19.9 Å². The van der Waals surface area contributed by atoms with Crippen molar-refractivity contribution in [1.82, 2.24) is 21.3 Å². The molecule has 218 valence electrons. The highest BCUT2D eigenvalue weighted by Gasteiger charge is 2.26. The fourth-order valence-electron chi connectivity index (χ4n) is 4.11. The molecule has 10 nitrogen and oxygen atoms in total. The van der Waals surface area contributed by atoms with E-state index in [9.17, 15) is 19.2 Å². The Labute approximate surface area is 236 Å². The van der Waals surface area contributed by atoms with Gasteiger partial charge in [-0.15, -0.1) is 0 Å². The van der Waals surface area contributed by atoms with Crippen molar-refractivity contribution in [3.63, 3.8) is 0 Å². The second-order valence-electron chi connectivity index (χ2n) is 9.74. The lowest BCUT2D eigenvalue weighted by molar-refractivity contribution is -0.138.